The Balaban J connectivity index is 2.77. The van der Waals surface area contributed by atoms with Crippen LogP contribution in [-0.2, 0) is 4.79 Å². The second kappa shape index (κ2) is 6.52. The van der Waals surface area contributed by atoms with Gasteiger partial charge < -0.3 is 4.90 Å². The molecule has 2 unspecified atom stereocenters. The van der Waals surface area contributed by atoms with E-state index in [4.69, 9.17) is 11.6 Å². The first-order valence-corrected chi connectivity index (χ1v) is 6.24. The molecule has 19 heavy (non-hydrogen) atoms. The minimum Gasteiger partial charge on any atom is -0.321 e. The highest BCUT2D eigenvalue weighted by molar-refractivity contribution is 6.31. The molecule has 0 aliphatic heterocycles. The van der Waals surface area contributed by atoms with Crippen LogP contribution in [0.3, 0.4) is 0 Å². The van der Waals surface area contributed by atoms with E-state index in [0.717, 1.165) is 0 Å². The number of rotatable bonds is 3. The van der Waals surface area contributed by atoms with E-state index in [0.29, 0.717) is 5.56 Å². The third kappa shape index (κ3) is 3.92. The van der Waals surface area contributed by atoms with Crippen LogP contribution in [-0.4, -0.2) is 29.3 Å². The van der Waals surface area contributed by atoms with Crippen molar-refractivity contribution in [1.29, 1.82) is 0 Å². The van der Waals surface area contributed by atoms with E-state index in [1.807, 2.05) is 0 Å². The third-order valence-electron chi connectivity index (χ3n) is 2.85. The summed E-state index contributed by atoms with van der Waals surface area (Å²) in [5, 5.41) is 1.34. The lowest BCUT2D eigenvalue weighted by Crippen LogP contribution is -2.44. The Morgan fingerprint density at radius 3 is 2.42 bits per heavy atom. The zero-order valence-electron chi connectivity index (χ0n) is 11.0. The number of nitrogens with one attached hydrogen (secondary N) is 1. The van der Waals surface area contributed by atoms with E-state index in [1.165, 1.54) is 24.9 Å². The number of hydrogen-bond acceptors (Lipinski definition) is 2. The van der Waals surface area contributed by atoms with Gasteiger partial charge in [0.25, 0.3) is 0 Å². The second-order valence-electron chi connectivity index (χ2n) is 4.22. The Morgan fingerprint density at radius 2 is 1.89 bits per heavy atom. The van der Waals surface area contributed by atoms with Gasteiger partial charge in [0.1, 0.15) is 11.2 Å². The van der Waals surface area contributed by atoms with Crippen molar-refractivity contribution >= 4 is 23.5 Å². The highest BCUT2D eigenvalue weighted by atomic mass is 35.5. The summed E-state index contributed by atoms with van der Waals surface area (Å²) in [7, 11) is 1.48. The molecule has 4 nitrogen and oxygen atoms in total. The lowest BCUT2D eigenvalue weighted by atomic mass is 10.1. The minimum absolute atomic E-state index is 0.381. The SMILES string of the molecule is CC(Cl)C(=O)NC(=O)N(C)C(C)c1ccccc1F. The number of imide groups is 1. The van der Waals surface area contributed by atoms with Crippen molar-refractivity contribution in [3.63, 3.8) is 0 Å². The molecule has 0 aromatic heterocycles. The van der Waals surface area contributed by atoms with Crippen LogP contribution in [0.4, 0.5) is 9.18 Å². The summed E-state index contributed by atoms with van der Waals surface area (Å²) in [6.45, 7) is 3.14. The van der Waals surface area contributed by atoms with Gasteiger partial charge in [-0.25, -0.2) is 9.18 Å². The van der Waals surface area contributed by atoms with Crippen LogP contribution in [0, 0.1) is 5.82 Å². The van der Waals surface area contributed by atoms with Gasteiger partial charge >= 0.3 is 6.03 Å². The molecule has 0 fully saturated rings. The molecule has 104 valence electrons. The zero-order valence-corrected chi connectivity index (χ0v) is 11.7. The molecule has 0 radical (unpaired) electrons. The van der Waals surface area contributed by atoms with Gasteiger partial charge in [0.15, 0.2) is 0 Å². The minimum atomic E-state index is -0.805. The number of carbonyl (C=O) groups excluding carboxylic acids is 2. The van der Waals surface area contributed by atoms with Gasteiger partial charge in [-0.2, -0.15) is 0 Å². The summed E-state index contributed by atoms with van der Waals surface area (Å²) in [6.07, 6.45) is 0. The summed E-state index contributed by atoms with van der Waals surface area (Å²) >= 11 is 5.56. The standard InChI is InChI=1S/C13H16ClFN2O2/c1-8(14)12(18)16-13(19)17(3)9(2)10-6-4-5-7-11(10)15/h4-9H,1-3H3,(H,16,18,19). The van der Waals surface area contributed by atoms with Crippen molar-refractivity contribution in [3.05, 3.63) is 35.6 Å². The summed E-state index contributed by atoms with van der Waals surface area (Å²) in [5.74, 6) is -0.981. The van der Waals surface area contributed by atoms with Gasteiger partial charge in [-0.15, -0.1) is 11.6 Å². The predicted octanol–water partition coefficient (Wildman–Crippen LogP) is 2.68. The molecular weight excluding hydrogens is 271 g/mol. The van der Waals surface area contributed by atoms with Crippen molar-refractivity contribution in [1.82, 2.24) is 10.2 Å². The monoisotopic (exact) mass is 286 g/mol. The number of benzene rings is 1. The summed E-state index contributed by atoms with van der Waals surface area (Å²) in [4.78, 5) is 24.4. The Labute approximate surface area is 116 Å². The summed E-state index contributed by atoms with van der Waals surface area (Å²) < 4.78 is 13.6. The molecular formula is C13H16ClFN2O2. The van der Waals surface area contributed by atoms with Gasteiger partial charge in [-0.3, -0.25) is 10.1 Å². The van der Waals surface area contributed by atoms with Crippen LogP contribution in [0.1, 0.15) is 25.5 Å². The normalized spacial score (nSPS) is 13.5. The van der Waals surface area contributed by atoms with E-state index in [9.17, 15) is 14.0 Å². The quantitative estimate of drug-likeness (QED) is 0.869. The first-order valence-electron chi connectivity index (χ1n) is 5.80. The molecule has 1 aromatic rings. The molecule has 2 atom stereocenters. The van der Waals surface area contributed by atoms with E-state index in [2.05, 4.69) is 5.32 Å². The van der Waals surface area contributed by atoms with E-state index < -0.39 is 29.2 Å². The lowest BCUT2D eigenvalue weighted by Gasteiger charge is -2.25. The Bertz CT molecular complexity index is 479. The molecule has 1 N–H and O–H groups in total. The van der Waals surface area contributed by atoms with Gasteiger partial charge in [-0.05, 0) is 19.9 Å². The highest BCUT2D eigenvalue weighted by Gasteiger charge is 2.22. The molecule has 3 amide bonds. The topological polar surface area (TPSA) is 49.4 Å². The van der Waals surface area contributed by atoms with Crippen molar-refractivity contribution in [2.75, 3.05) is 7.05 Å². The molecule has 0 bridgehead atoms. The van der Waals surface area contributed by atoms with Crippen LogP contribution in [0.5, 0.6) is 0 Å². The van der Waals surface area contributed by atoms with E-state index in [1.54, 1.807) is 25.1 Å². The number of nitrogens with zero attached hydrogens (tertiary/aromatic N) is 1. The first kappa shape index (κ1) is 15.4. The van der Waals surface area contributed by atoms with Crippen molar-refractivity contribution in [3.8, 4) is 0 Å². The summed E-state index contributed by atoms with van der Waals surface area (Å²) in [5.41, 5.74) is 0.381. The molecule has 0 aliphatic rings. The van der Waals surface area contributed by atoms with E-state index in [-0.39, 0.29) is 0 Å². The van der Waals surface area contributed by atoms with Crippen LogP contribution < -0.4 is 5.32 Å². The number of urea groups is 1. The Morgan fingerprint density at radius 1 is 1.32 bits per heavy atom. The molecule has 0 saturated carbocycles. The molecule has 0 aliphatic carbocycles. The van der Waals surface area contributed by atoms with Gasteiger partial charge in [0.05, 0.1) is 6.04 Å². The van der Waals surface area contributed by atoms with Crippen molar-refractivity contribution in [2.24, 2.45) is 0 Å². The van der Waals surface area contributed by atoms with E-state index >= 15 is 0 Å². The fourth-order valence-corrected chi connectivity index (χ4v) is 1.55. The smallest absolute Gasteiger partial charge is 0.321 e. The maximum atomic E-state index is 13.6. The van der Waals surface area contributed by atoms with Gasteiger partial charge in [-0.1, -0.05) is 18.2 Å². The fourth-order valence-electron chi connectivity index (χ4n) is 1.49. The van der Waals surface area contributed by atoms with Gasteiger partial charge in [0, 0.05) is 12.6 Å². The molecule has 0 saturated heterocycles. The highest BCUT2D eigenvalue weighted by Crippen LogP contribution is 2.21. The van der Waals surface area contributed by atoms with Crippen LogP contribution in [0.2, 0.25) is 0 Å². The zero-order chi connectivity index (χ0) is 14.6. The fraction of sp³-hybridized carbons (Fsp3) is 0.385. The second-order valence-corrected chi connectivity index (χ2v) is 4.87. The number of amides is 3. The Hall–Kier alpha value is -1.62. The maximum Gasteiger partial charge on any atom is 0.324 e. The Kier molecular flexibility index (Phi) is 5.30. The van der Waals surface area contributed by atoms with Crippen LogP contribution in [0.25, 0.3) is 0 Å². The molecule has 1 rings (SSSR count). The largest absolute Gasteiger partial charge is 0.324 e. The van der Waals surface area contributed by atoms with Crippen molar-refractivity contribution < 1.29 is 14.0 Å². The number of carbonyl (C=O) groups is 2. The van der Waals surface area contributed by atoms with Crippen LogP contribution >= 0.6 is 11.6 Å². The molecule has 0 heterocycles. The molecule has 0 spiro atoms. The number of hydrogen-bond donors (Lipinski definition) is 1. The molecule has 1 aromatic carbocycles. The number of alkyl halides is 1. The maximum absolute atomic E-state index is 13.6. The molecule has 6 heteroatoms. The van der Waals surface area contributed by atoms with Crippen molar-refractivity contribution in [2.45, 2.75) is 25.3 Å². The van der Waals surface area contributed by atoms with Gasteiger partial charge in [0.2, 0.25) is 5.91 Å². The summed E-state index contributed by atoms with van der Waals surface area (Å²) in [6, 6.07) is 5.06. The van der Waals surface area contributed by atoms with Crippen LogP contribution in [0.15, 0.2) is 24.3 Å². The lowest BCUT2D eigenvalue weighted by molar-refractivity contribution is -0.119. The first-order chi connectivity index (χ1) is 8.84. The predicted molar refractivity (Wildman–Crippen MR) is 71.4 cm³/mol. The average molecular weight is 287 g/mol. The average Bonchev–Trinajstić information content (AvgIpc) is 2.37. The number of halogens is 2. The third-order valence-corrected chi connectivity index (χ3v) is 3.05.